The van der Waals surface area contributed by atoms with E-state index in [0.29, 0.717) is 31.0 Å². The van der Waals surface area contributed by atoms with E-state index in [1.807, 2.05) is 26.8 Å². The highest BCUT2D eigenvalue weighted by Crippen LogP contribution is 2.36. The van der Waals surface area contributed by atoms with Crippen molar-refractivity contribution in [3.05, 3.63) is 43.0 Å². The maximum absolute atomic E-state index is 13.3. The van der Waals surface area contributed by atoms with Crippen LogP contribution in [-0.4, -0.2) is 32.7 Å². The molecule has 2 unspecified atom stereocenters. The van der Waals surface area contributed by atoms with Crippen molar-refractivity contribution in [1.82, 2.24) is 0 Å². The zero-order chi connectivity index (χ0) is 20.2. The summed E-state index contributed by atoms with van der Waals surface area (Å²) in [5.74, 6) is 0. The van der Waals surface area contributed by atoms with Crippen LogP contribution in [0.5, 0.6) is 0 Å². The van der Waals surface area contributed by atoms with E-state index in [2.05, 4.69) is 6.58 Å². The molecular formula is C22H36O4S. The smallest absolute Gasteiger partial charge is 0.187 e. The minimum atomic E-state index is -3.45. The topological polar surface area (TPSA) is 52.6 Å². The minimum Gasteiger partial charge on any atom is -0.353 e. The lowest BCUT2D eigenvalue weighted by molar-refractivity contribution is -0.127. The van der Waals surface area contributed by atoms with E-state index in [0.717, 1.165) is 32.1 Å². The summed E-state index contributed by atoms with van der Waals surface area (Å²) in [4.78, 5) is 0.386. The van der Waals surface area contributed by atoms with Gasteiger partial charge in [0.2, 0.25) is 0 Å². The fourth-order valence-corrected chi connectivity index (χ4v) is 5.47. The predicted octanol–water partition coefficient (Wildman–Crippen LogP) is 5.53. The van der Waals surface area contributed by atoms with Crippen LogP contribution in [-0.2, 0) is 19.3 Å². The highest BCUT2D eigenvalue weighted by atomic mass is 32.2. The Kier molecular flexibility index (Phi) is 10.9. The van der Waals surface area contributed by atoms with Crippen molar-refractivity contribution in [1.29, 1.82) is 0 Å². The van der Waals surface area contributed by atoms with E-state index in [4.69, 9.17) is 9.47 Å². The minimum absolute atomic E-state index is 0.163. The lowest BCUT2D eigenvalue weighted by atomic mass is 9.95. The van der Waals surface area contributed by atoms with E-state index >= 15 is 0 Å². The normalized spacial score (nSPS) is 15.2. The predicted molar refractivity (Wildman–Crippen MR) is 112 cm³/mol. The maximum Gasteiger partial charge on any atom is 0.187 e. The number of benzene rings is 1. The van der Waals surface area contributed by atoms with Crippen molar-refractivity contribution in [2.24, 2.45) is 0 Å². The molecule has 0 radical (unpaired) electrons. The monoisotopic (exact) mass is 396 g/mol. The van der Waals surface area contributed by atoms with E-state index in [9.17, 15) is 8.42 Å². The van der Waals surface area contributed by atoms with E-state index < -0.39 is 14.6 Å². The molecule has 1 aromatic carbocycles. The second-order valence-electron chi connectivity index (χ2n) is 6.89. The van der Waals surface area contributed by atoms with E-state index in [1.54, 1.807) is 30.3 Å². The van der Waals surface area contributed by atoms with Gasteiger partial charge in [-0.05, 0) is 45.2 Å². The summed E-state index contributed by atoms with van der Waals surface area (Å²) in [5.41, 5.74) is 0. The lowest BCUT2D eigenvalue weighted by Crippen LogP contribution is -2.36. The molecule has 0 amide bonds. The van der Waals surface area contributed by atoms with Gasteiger partial charge in [-0.3, -0.25) is 0 Å². The average molecular weight is 397 g/mol. The quantitative estimate of drug-likeness (QED) is 0.222. The Labute approximate surface area is 165 Å². The molecule has 0 aromatic heterocycles. The number of unbranched alkanes of at least 4 members (excludes halogenated alkanes) is 3. The molecule has 0 saturated carbocycles. The Bertz CT molecular complexity index is 627. The van der Waals surface area contributed by atoms with Crippen molar-refractivity contribution < 1.29 is 17.9 Å². The van der Waals surface area contributed by atoms with Crippen LogP contribution in [0.1, 0.15) is 65.7 Å². The van der Waals surface area contributed by atoms with Gasteiger partial charge < -0.3 is 9.47 Å². The molecule has 2 atom stereocenters. The molecule has 1 aromatic rings. The Balaban J connectivity index is 2.59. The molecule has 0 aliphatic heterocycles. The highest BCUT2D eigenvalue weighted by molar-refractivity contribution is 7.93. The largest absolute Gasteiger partial charge is 0.353 e. The molecule has 0 spiro atoms. The zero-order valence-corrected chi connectivity index (χ0v) is 18.0. The van der Waals surface area contributed by atoms with Gasteiger partial charge in [0, 0.05) is 13.2 Å². The van der Waals surface area contributed by atoms with Gasteiger partial charge in [-0.25, -0.2) is 8.42 Å². The van der Waals surface area contributed by atoms with Gasteiger partial charge in [-0.15, -0.1) is 6.58 Å². The molecular weight excluding hydrogens is 360 g/mol. The van der Waals surface area contributed by atoms with Crippen LogP contribution in [0.15, 0.2) is 47.9 Å². The van der Waals surface area contributed by atoms with Gasteiger partial charge in [0.05, 0.1) is 9.64 Å². The number of hydrogen-bond acceptors (Lipinski definition) is 4. The van der Waals surface area contributed by atoms with Gasteiger partial charge in [-0.1, -0.05) is 56.9 Å². The Hall–Kier alpha value is -1.17. The molecule has 0 heterocycles. The summed E-state index contributed by atoms with van der Waals surface area (Å²) in [7, 11) is -3.45. The molecule has 0 N–H and O–H groups in total. The summed E-state index contributed by atoms with van der Waals surface area (Å²) in [5, 5.41) is 0. The third-order valence-electron chi connectivity index (χ3n) is 4.88. The SMILES string of the molecule is C=CC(CCC)(CCCCCCOC(C)OCC)S(=O)(=O)c1ccccc1. The van der Waals surface area contributed by atoms with Gasteiger partial charge in [-0.2, -0.15) is 0 Å². The Morgan fingerprint density at radius 1 is 1.04 bits per heavy atom. The van der Waals surface area contributed by atoms with Crippen molar-refractivity contribution in [3.63, 3.8) is 0 Å². The van der Waals surface area contributed by atoms with Gasteiger partial charge in [0.1, 0.15) is 0 Å². The number of rotatable bonds is 15. The molecule has 4 nitrogen and oxygen atoms in total. The van der Waals surface area contributed by atoms with Crippen LogP contribution in [0.25, 0.3) is 0 Å². The first kappa shape index (κ1) is 23.9. The van der Waals surface area contributed by atoms with Gasteiger partial charge in [0.15, 0.2) is 16.1 Å². The van der Waals surface area contributed by atoms with Crippen LogP contribution in [0.3, 0.4) is 0 Å². The first-order chi connectivity index (χ1) is 12.9. The third kappa shape index (κ3) is 7.05. The Morgan fingerprint density at radius 2 is 1.70 bits per heavy atom. The number of ether oxygens (including phenoxy) is 2. The summed E-state index contributed by atoms with van der Waals surface area (Å²) in [6.07, 6.45) is 7.33. The van der Waals surface area contributed by atoms with Crippen molar-refractivity contribution >= 4 is 9.84 Å². The summed E-state index contributed by atoms with van der Waals surface area (Å²) < 4.78 is 36.6. The third-order valence-corrected chi connectivity index (χ3v) is 7.42. The summed E-state index contributed by atoms with van der Waals surface area (Å²) in [6.45, 7) is 11.1. The van der Waals surface area contributed by atoms with E-state index in [1.165, 1.54) is 0 Å². The van der Waals surface area contributed by atoms with Crippen LogP contribution >= 0.6 is 0 Å². The highest BCUT2D eigenvalue weighted by Gasteiger charge is 2.40. The second kappa shape index (κ2) is 12.3. The molecule has 0 aliphatic carbocycles. The first-order valence-corrected chi connectivity index (χ1v) is 11.6. The summed E-state index contributed by atoms with van der Waals surface area (Å²) in [6, 6.07) is 8.75. The maximum atomic E-state index is 13.3. The second-order valence-corrected chi connectivity index (χ2v) is 9.18. The van der Waals surface area contributed by atoms with Crippen LogP contribution in [0.4, 0.5) is 0 Å². The molecule has 5 heteroatoms. The standard InChI is InChI=1S/C22H36O4S/c1-5-17-22(6-2,27(23,24)21-15-11-10-12-16-21)18-13-8-9-14-19-26-20(4)25-7-3/h6,10-12,15-16,20H,2,5,7-9,13-14,17-19H2,1,3-4H3. The zero-order valence-electron chi connectivity index (χ0n) is 17.2. The van der Waals surface area contributed by atoms with Crippen LogP contribution in [0.2, 0.25) is 0 Å². The van der Waals surface area contributed by atoms with Crippen molar-refractivity contribution in [2.45, 2.75) is 81.6 Å². The van der Waals surface area contributed by atoms with Crippen LogP contribution < -0.4 is 0 Å². The molecule has 0 fully saturated rings. The summed E-state index contributed by atoms with van der Waals surface area (Å²) >= 11 is 0. The van der Waals surface area contributed by atoms with Crippen LogP contribution in [0, 0.1) is 0 Å². The van der Waals surface area contributed by atoms with Crippen molar-refractivity contribution in [3.8, 4) is 0 Å². The fraction of sp³-hybridized carbons (Fsp3) is 0.636. The number of sulfone groups is 1. The number of hydrogen-bond donors (Lipinski definition) is 0. The van der Waals surface area contributed by atoms with Gasteiger partial charge >= 0.3 is 0 Å². The molecule has 0 saturated heterocycles. The van der Waals surface area contributed by atoms with Gasteiger partial charge in [0.25, 0.3) is 0 Å². The first-order valence-electron chi connectivity index (χ1n) is 10.1. The molecule has 27 heavy (non-hydrogen) atoms. The van der Waals surface area contributed by atoms with Crippen molar-refractivity contribution in [2.75, 3.05) is 13.2 Å². The average Bonchev–Trinajstić information content (AvgIpc) is 2.67. The fourth-order valence-electron chi connectivity index (χ4n) is 3.38. The Morgan fingerprint density at radius 3 is 2.30 bits per heavy atom. The molecule has 154 valence electrons. The van der Waals surface area contributed by atoms with E-state index in [-0.39, 0.29) is 6.29 Å². The molecule has 0 aliphatic rings. The molecule has 0 bridgehead atoms. The molecule has 1 rings (SSSR count). The lowest BCUT2D eigenvalue weighted by Gasteiger charge is -2.30.